The van der Waals surface area contributed by atoms with Gasteiger partial charge in [-0.2, -0.15) is 0 Å². The largest absolute Gasteiger partial charge is 0.472 e. The SMILES string of the molecule is CC/C=C\C/C=C\C/C=C\C/C=C\C/C=C\C/C=C\C/C=C\C/C=C\C/C=C\C/C=C\CCCCCCCCCCCCC(=O)OC(COC(=O)CCCCCCCCCCCCCCCCCCCCC/C=C\C/C=C\C/C=C\C/C=C\C/C=C\CC)COP(=O)(O)OCC[N+](C)(C)C. The highest BCUT2D eigenvalue weighted by Crippen LogP contribution is 2.43. The van der Waals surface area contributed by atoms with Crippen LogP contribution in [0.3, 0.4) is 0 Å². The molecule has 0 saturated carbocycles. The van der Waals surface area contributed by atoms with Crippen molar-refractivity contribution >= 4 is 19.8 Å². The molecule has 2 unspecified atom stereocenters. The molecule has 0 aliphatic heterocycles. The van der Waals surface area contributed by atoms with E-state index in [1.54, 1.807) is 0 Å². The van der Waals surface area contributed by atoms with Gasteiger partial charge in [-0.05, 0) is 135 Å². The van der Waals surface area contributed by atoms with E-state index in [0.29, 0.717) is 17.4 Å². The highest BCUT2D eigenvalue weighted by Gasteiger charge is 2.27. The van der Waals surface area contributed by atoms with Crippen LogP contribution < -0.4 is 0 Å². The lowest BCUT2D eigenvalue weighted by Crippen LogP contribution is -2.37. The second-order valence-electron chi connectivity index (χ2n) is 27.7. The first-order valence-electron chi connectivity index (χ1n) is 40.5. The van der Waals surface area contributed by atoms with Gasteiger partial charge in [-0.3, -0.25) is 18.6 Å². The van der Waals surface area contributed by atoms with E-state index in [9.17, 15) is 19.0 Å². The van der Waals surface area contributed by atoms with E-state index in [1.165, 1.54) is 148 Å². The Morgan fingerprint density at radius 3 is 0.800 bits per heavy atom. The van der Waals surface area contributed by atoms with Crippen LogP contribution in [0.5, 0.6) is 0 Å². The van der Waals surface area contributed by atoms with Crippen LogP contribution in [0.15, 0.2) is 182 Å². The van der Waals surface area contributed by atoms with Crippen LogP contribution in [-0.4, -0.2) is 74.9 Å². The van der Waals surface area contributed by atoms with Gasteiger partial charge >= 0.3 is 19.8 Å². The summed E-state index contributed by atoms with van der Waals surface area (Å²) in [6.07, 6.45) is 120. The molecule has 0 aliphatic carbocycles. The molecule has 0 saturated heterocycles. The number of allylic oxidation sites excluding steroid dienone is 30. The van der Waals surface area contributed by atoms with Gasteiger partial charge in [-0.25, -0.2) is 4.57 Å². The van der Waals surface area contributed by atoms with E-state index in [0.717, 1.165) is 141 Å². The van der Waals surface area contributed by atoms with Crippen LogP contribution in [0.2, 0.25) is 0 Å². The Morgan fingerprint density at radius 2 is 0.540 bits per heavy atom. The molecule has 568 valence electrons. The van der Waals surface area contributed by atoms with Crippen molar-refractivity contribution in [1.82, 2.24) is 0 Å². The third-order valence-electron chi connectivity index (χ3n) is 16.9. The number of carbonyl (C=O) groups is 2. The first kappa shape index (κ1) is 95.1. The quantitative estimate of drug-likeness (QED) is 0.0211. The molecule has 0 heterocycles. The molecule has 10 heteroatoms. The Kier molecular flexibility index (Phi) is 74.4. The second-order valence-corrected chi connectivity index (χ2v) is 29.1. The molecular formula is C90H151NO8P+. The molecular weight excluding hydrogens is 1250 g/mol. The molecule has 0 radical (unpaired) electrons. The third-order valence-corrected chi connectivity index (χ3v) is 17.9. The molecule has 0 fully saturated rings. The Morgan fingerprint density at radius 1 is 0.310 bits per heavy atom. The summed E-state index contributed by atoms with van der Waals surface area (Å²) in [7, 11) is 1.46. The highest BCUT2D eigenvalue weighted by atomic mass is 31.2. The maximum Gasteiger partial charge on any atom is 0.472 e. The van der Waals surface area contributed by atoms with Gasteiger partial charge in [0.05, 0.1) is 27.7 Å². The number of nitrogens with zero attached hydrogens (tertiary/aromatic N) is 1. The summed E-state index contributed by atoms with van der Waals surface area (Å²) >= 11 is 0. The third kappa shape index (κ3) is 82.1. The van der Waals surface area contributed by atoms with Crippen LogP contribution in [0.4, 0.5) is 0 Å². The molecule has 0 aromatic carbocycles. The lowest BCUT2D eigenvalue weighted by atomic mass is 10.0. The zero-order chi connectivity index (χ0) is 72.5. The Bertz CT molecular complexity index is 2350. The molecule has 0 aromatic rings. The number of hydrogen-bond acceptors (Lipinski definition) is 7. The van der Waals surface area contributed by atoms with Crippen molar-refractivity contribution in [3.05, 3.63) is 182 Å². The molecule has 2 atom stereocenters. The van der Waals surface area contributed by atoms with Gasteiger partial charge in [0, 0.05) is 12.8 Å². The first-order valence-corrected chi connectivity index (χ1v) is 42.0. The van der Waals surface area contributed by atoms with Crippen LogP contribution >= 0.6 is 7.82 Å². The average Bonchev–Trinajstić information content (AvgIpc) is 1.30. The van der Waals surface area contributed by atoms with Crippen molar-refractivity contribution in [3.8, 4) is 0 Å². The normalized spacial score (nSPS) is 14.0. The van der Waals surface area contributed by atoms with Gasteiger partial charge in [0.2, 0.25) is 0 Å². The molecule has 0 bridgehead atoms. The van der Waals surface area contributed by atoms with Crippen molar-refractivity contribution in [2.75, 3.05) is 47.5 Å². The van der Waals surface area contributed by atoms with E-state index < -0.39 is 26.5 Å². The van der Waals surface area contributed by atoms with Crippen LogP contribution in [0, 0.1) is 0 Å². The Labute approximate surface area is 616 Å². The topological polar surface area (TPSA) is 108 Å². The molecule has 100 heavy (non-hydrogen) atoms. The van der Waals surface area contributed by atoms with Gasteiger partial charge in [-0.1, -0.05) is 357 Å². The minimum atomic E-state index is -4.41. The summed E-state index contributed by atoms with van der Waals surface area (Å²) in [6.45, 7) is 4.21. The number of ether oxygens (including phenoxy) is 2. The number of phosphoric acid groups is 1. The zero-order valence-electron chi connectivity index (χ0n) is 64.9. The molecule has 9 nitrogen and oxygen atoms in total. The number of phosphoric ester groups is 1. The molecule has 0 aliphatic rings. The van der Waals surface area contributed by atoms with Gasteiger partial charge in [0.15, 0.2) is 6.10 Å². The van der Waals surface area contributed by atoms with E-state index >= 15 is 0 Å². The molecule has 1 N–H and O–H groups in total. The second kappa shape index (κ2) is 78.3. The van der Waals surface area contributed by atoms with Crippen molar-refractivity contribution in [2.24, 2.45) is 0 Å². The Balaban J connectivity index is 4.03. The Hall–Kier alpha value is -4.89. The van der Waals surface area contributed by atoms with Crippen molar-refractivity contribution in [1.29, 1.82) is 0 Å². The van der Waals surface area contributed by atoms with Crippen molar-refractivity contribution in [3.63, 3.8) is 0 Å². The fourth-order valence-corrected chi connectivity index (χ4v) is 11.6. The van der Waals surface area contributed by atoms with Gasteiger partial charge in [0.1, 0.15) is 19.8 Å². The summed E-state index contributed by atoms with van der Waals surface area (Å²) in [4.78, 5) is 36.0. The van der Waals surface area contributed by atoms with E-state index in [2.05, 4.69) is 196 Å². The molecule has 0 aromatic heterocycles. The summed E-state index contributed by atoms with van der Waals surface area (Å²) in [6, 6.07) is 0. The maximum absolute atomic E-state index is 12.9. The smallest absolute Gasteiger partial charge is 0.462 e. The van der Waals surface area contributed by atoms with Crippen LogP contribution in [0.1, 0.15) is 322 Å². The number of unbranched alkanes of at least 4 members (excludes halogenated alkanes) is 29. The lowest BCUT2D eigenvalue weighted by Gasteiger charge is -2.24. The van der Waals surface area contributed by atoms with Crippen molar-refractivity contribution in [2.45, 2.75) is 328 Å². The summed E-state index contributed by atoms with van der Waals surface area (Å²) in [5, 5.41) is 0. The number of hydrogen-bond donors (Lipinski definition) is 1. The summed E-state index contributed by atoms with van der Waals surface area (Å²) in [5.41, 5.74) is 0. The first-order chi connectivity index (χ1) is 49.0. The molecule has 0 rings (SSSR count). The number of quaternary nitrogens is 1. The number of carbonyl (C=O) groups excluding carboxylic acids is 2. The minimum Gasteiger partial charge on any atom is -0.462 e. The minimum absolute atomic E-state index is 0.0243. The van der Waals surface area contributed by atoms with E-state index in [-0.39, 0.29) is 32.0 Å². The summed E-state index contributed by atoms with van der Waals surface area (Å²) in [5.74, 6) is -0.801. The highest BCUT2D eigenvalue weighted by molar-refractivity contribution is 7.47. The monoisotopic (exact) mass is 1410 g/mol. The summed E-state index contributed by atoms with van der Waals surface area (Å²) < 4.78 is 34.8. The van der Waals surface area contributed by atoms with Gasteiger partial charge in [0.25, 0.3) is 0 Å². The number of likely N-dealkylation sites (N-methyl/N-ethyl adjacent to an activating group) is 1. The number of esters is 2. The van der Waals surface area contributed by atoms with Gasteiger partial charge in [-0.15, -0.1) is 0 Å². The predicted octanol–water partition coefficient (Wildman–Crippen LogP) is 27.4. The molecule has 0 amide bonds. The molecule has 0 spiro atoms. The van der Waals surface area contributed by atoms with E-state index in [4.69, 9.17) is 18.5 Å². The van der Waals surface area contributed by atoms with Crippen LogP contribution in [-0.2, 0) is 32.7 Å². The maximum atomic E-state index is 12.9. The van der Waals surface area contributed by atoms with Crippen LogP contribution in [0.25, 0.3) is 0 Å². The standard InChI is InChI=1S/C90H150NO8P/c1-6-8-10-12-14-16-18-20-22-24-26-28-30-32-34-36-38-40-42-43-44-45-46-47-49-51-53-55-57-59-61-63-65-67-69-71-73-75-77-79-81-83-90(93)99-88(87-98-100(94,95)97-85-84-91(3,4)5)86-96-89(92)82-80-78-76-74-72-70-68-66-64-62-60-58-56-54-52-50-48-41-39-37-35-33-31-29-27-25-23-21-19-17-15-13-11-9-7-2/h8-11,14-17,20-23,26-29,32-35,38,40,43-44,46-47,51,53,57,59,88H,6-7,12-13,18-19,24-25,30-31,36-37,39,41-42,45,48-50,52,54-56,58,60-87H2,1-5H3/p+1/b10-8-,11-9-,16-14-,17-15-,22-20-,23-21-,28-26-,29-27-,34-32-,35-33-,40-38-,44-43-,47-46-,53-51-,59-57-. The fraction of sp³-hybridized carbons (Fsp3) is 0.644. The fourth-order valence-electron chi connectivity index (χ4n) is 10.8. The number of rotatable bonds is 73. The van der Waals surface area contributed by atoms with Gasteiger partial charge < -0.3 is 18.9 Å². The average molecular weight is 1410 g/mol. The lowest BCUT2D eigenvalue weighted by molar-refractivity contribution is -0.870. The van der Waals surface area contributed by atoms with Crippen molar-refractivity contribution < 1.29 is 42.1 Å². The van der Waals surface area contributed by atoms with E-state index in [1.807, 2.05) is 21.1 Å². The predicted molar refractivity (Wildman–Crippen MR) is 436 cm³/mol. The zero-order valence-corrected chi connectivity index (χ0v) is 65.8.